The van der Waals surface area contributed by atoms with Crippen LogP contribution in [-0.4, -0.2) is 11.8 Å². The summed E-state index contributed by atoms with van der Waals surface area (Å²) in [6.07, 6.45) is 1.57. The molecular formula is C24H20N2O3. The Morgan fingerprint density at radius 2 is 1.59 bits per heavy atom. The number of hydrazine groups is 1. The van der Waals surface area contributed by atoms with Gasteiger partial charge in [-0.3, -0.25) is 15.0 Å². The number of aryl methyl sites for hydroxylation is 1. The van der Waals surface area contributed by atoms with Crippen molar-refractivity contribution in [3.05, 3.63) is 101 Å². The smallest absolute Gasteiger partial charge is 0.282 e. The minimum atomic E-state index is -0.438. The standard InChI is InChI=1S/C24H20N2O3/c1-17-11-13-18(14-12-17)16-29-22-10-6-5-7-19(22)15-21-23(27)25-26(24(21)28)20-8-3-2-4-9-20/h2-15H,16H2,1H3,(H,25,27)/b21-15-. The second kappa shape index (κ2) is 8.02. The molecule has 29 heavy (non-hydrogen) atoms. The molecule has 0 radical (unpaired) electrons. The summed E-state index contributed by atoms with van der Waals surface area (Å²) in [6, 6.07) is 24.5. The van der Waals surface area contributed by atoms with Crippen molar-refractivity contribution in [1.29, 1.82) is 0 Å². The van der Waals surface area contributed by atoms with Crippen molar-refractivity contribution in [2.75, 3.05) is 5.01 Å². The van der Waals surface area contributed by atoms with Gasteiger partial charge < -0.3 is 4.74 Å². The van der Waals surface area contributed by atoms with E-state index in [-0.39, 0.29) is 5.57 Å². The molecule has 5 nitrogen and oxygen atoms in total. The first-order valence-corrected chi connectivity index (χ1v) is 9.31. The van der Waals surface area contributed by atoms with E-state index in [1.54, 1.807) is 18.2 Å². The molecule has 0 spiro atoms. The van der Waals surface area contributed by atoms with Gasteiger partial charge in [0, 0.05) is 5.56 Å². The predicted molar refractivity (Wildman–Crippen MR) is 112 cm³/mol. The maximum Gasteiger partial charge on any atom is 0.282 e. The number of amides is 2. The lowest BCUT2D eigenvalue weighted by atomic mass is 10.1. The molecule has 0 atom stereocenters. The molecule has 1 aliphatic heterocycles. The Morgan fingerprint density at radius 3 is 2.34 bits per heavy atom. The van der Waals surface area contributed by atoms with Crippen LogP contribution in [0.3, 0.4) is 0 Å². The summed E-state index contributed by atoms with van der Waals surface area (Å²) in [6.45, 7) is 2.44. The van der Waals surface area contributed by atoms with Gasteiger partial charge in [0.2, 0.25) is 0 Å². The number of carbonyl (C=O) groups is 2. The quantitative estimate of drug-likeness (QED) is 0.534. The summed E-state index contributed by atoms with van der Waals surface area (Å²) in [4.78, 5) is 25.2. The van der Waals surface area contributed by atoms with Crippen LogP contribution in [0.1, 0.15) is 16.7 Å². The molecule has 3 aromatic rings. The second-order valence-corrected chi connectivity index (χ2v) is 6.79. The Balaban J connectivity index is 1.57. The van der Waals surface area contributed by atoms with E-state index in [1.807, 2.05) is 73.7 Å². The number of nitrogens with one attached hydrogen (secondary N) is 1. The zero-order valence-corrected chi connectivity index (χ0v) is 16.0. The van der Waals surface area contributed by atoms with E-state index in [0.717, 1.165) is 5.56 Å². The van der Waals surface area contributed by atoms with Crippen LogP contribution >= 0.6 is 0 Å². The van der Waals surface area contributed by atoms with Crippen molar-refractivity contribution in [3.63, 3.8) is 0 Å². The third-order valence-electron chi connectivity index (χ3n) is 4.64. The van der Waals surface area contributed by atoms with Gasteiger partial charge in [0.1, 0.15) is 17.9 Å². The molecule has 1 heterocycles. The second-order valence-electron chi connectivity index (χ2n) is 6.79. The first kappa shape index (κ1) is 18.5. The van der Waals surface area contributed by atoms with Crippen LogP contribution in [0.4, 0.5) is 5.69 Å². The number of nitrogens with zero attached hydrogens (tertiary/aromatic N) is 1. The Morgan fingerprint density at radius 1 is 0.897 bits per heavy atom. The maximum absolute atomic E-state index is 12.8. The molecule has 0 bridgehead atoms. The van der Waals surface area contributed by atoms with E-state index in [2.05, 4.69) is 5.43 Å². The summed E-state index contributed by atoms with van der Waals surface area (Å²) >= 11 is 0. The molecule has 0 aliphatic carbocycles. The Kier molecular flexibility index (Phi) is 5.12. The minimum absolute atomic E-state index is 0.0697. The largest absolute Gasteiger partial charge is 0.488 e. The molecule has 144 valence electrons. The Bertz CT molecular complexity index is 1070. The maximum atomic E-state index is 12.8. The summed E-state index contributed by atoms with van der Waals surface area (Å²) in [5.41, 5.74) is 6.19. The molecule has 1 fully saturated rings. The van der Waals surface area contributed by atoms with Crippen molar-refractivity contribution in [1.82, 2.24) is 5.43 Å². The number of anilines is 1. The Hall–Kier alpha value is -3.86. The number of rotatable bonds is 5. The topological polar surface area (TPSA) is 58.6 Å². The highest BCUT2D eigenvalue weighted by molar-refractivity contribution is 6.31. The number of para-hydroxylation sites is 2. The summed E-state index contributed by atoms with van der Waals surface area (Å²) in [7, 11) is 0. The van der Waals surface area contributed by atoms with Gasteiger partial charge in [-0.25, -0.2) is 5.01 Å². The van der Waals surface area contributed by atoms with Crippen LogP contribution in [0.15, 0.2) is 84.4 Å². The van der Waals surface area contributed by atoms with Crippen LogP contribution in [0.2, 0.25) is 0 Å². The van der Waals surface area contributed by atoms with Gasteiger partial charge >= 0.3 is 0 Å². The first-order chi connectivity index (χ1) is 14.1. The Labute approximate surface area is 169 Å². The molecule has 1 aliphatic rings. The van der Waals surface area contributed by atoms with Crippen molar-refractivity contribution >= 4 is 23.6 Å². The minimum Gasteiger partial charge on any atom is -0.488 e. The van der Waals surface area contributed by atoms with Crippen molar-refractivity contribution in [3.8, 4) is 5.75 Å². The third kappa shape index (κ3) is 4.04. The zero-order chi connectivity index (χ0) is 20.2. The lowest BCUT2D eigenvalue weighted by Gasteiger charge is -2.14. The van der Waals surface area contributed by atoms with Gasteiger partial charge in [0.05, 0.1) is 5.69 Å². The van der Waals surface area contributed by atoms with Crippen LogP contribution in [0, 0.1) is 6.92 Å². The number of hydrogen-bond acceptors (Lipinski definition) is 3. The van der Waals surface area contributed by atoms with Gasteiger partial charge in [0.15, 0.2) is 0 Å². The van der Waals surface area contributed by atoms with E-state index in [1.165, 1.54) is 10.6 Å². The highest BCUT2D eigenvalue weighted by atomic mass is 16.5. The molecule has 2 amide bonds. The molecule has 1 saturated heterocycles. The zero-order valence-electron chi connectivity index (χ0n) is 16.0. The number of hydrogen-bond donors (Lipinski definition) is 1. The monoisotopic (exact) mass is 384 g/mol. The summed E-state index contributed by atoms with van der Waals surface area (Å²) in [5, 5.41) is 1.25. The lowest BCUT2D eigenvalue weighted by Crippen LogP contribution is -2.35. The van der Waals surface area contributed by atoms with Crippen LogP contribution in [-0.2, 0) is 16.2 Å². The van der Waals surface area contributed by atoms with Crippen LogP contribution < -0.4 is 15.2 Å². The van der Waals surface area contributed by atoms with E-state index in [0.29, 0.717) is 23.6 Å². The van der Waals surface area contributed by atoms with Gasteiger partial charge in [-0.15, -0.1) is 0 Å². The van der Waals surface area contributed by atoms with Gasteiger partial charge in [0.25, 0.3) is 11.8 Å². The fourth-order valence-corrected chi connectivity index (χ4v) is 3.05. The van der Waals surface area contributed by atoms with Crippen molar-refractivity contribution < 1.29 is 14.3 Å². The highest BCUT2D eigenvalue weighted by Crippen LogP contribution is 2.26. The molecule has 5 heteroatoms. The number of benzene rings is 3. The van der Waals surface area contributed by atoms with E-state index in [4.69, 9.17) is 4.74 Å². The number of ether oxygens (including phenoxy) is 1. The summed E-state index contributed by atoms with van der Waals surface area (Å²) in [5.74, 6) is -0.221. The van der Waals surface area contributed by atoms with Crippen LogP contribution in [0.25, 0.3) is 6.08 Å². The summed E-state index contributed by atoms with van der Waals surface area (Å²) < 4.78 is 5.95. The van der Waals surface area contributed by atoms with Gasteiger partial charge in [-0.1, -0.05) is 66.2 Å². The SMILES string of the molecule is Cc1ccc(COc2ccccc2/C=C2/C(=O)NN(c3ccccc3)C2=O)cc1. The van der Waals surface area contributed by atoms with Gasteiger partial charge in [-0.05, 0) is 36.8 Å². The highest BCUT2D eigenvalue weighted by Gasteiger charge is 2.34. The molecule has 3 aromatic carbocycles. The fourth-order valence-electron chi connectivity index (χ4n) is 3.05. The molecule has 0 aromatic heterocycles. The fraction of sp³-hybridized carbons (Fsp3) is 0.0833. The van der Waals surface area contributed by atoms with Crippen LogP contribution in [0.5, 0.6) is 5.75 Å². The van der Waals surface area contributed by atoms with E-state index >= 15 is 0 Å². The predicted octanol–water partition coefficient (Wildman–Crippen LogP) is 4.04. The van der Waals surface area contributed by atoms with E-state index < -0.39 is 11.8 Å². The lowest BCUT2D eigenvalue weighted by molar-refractivity contribution is -0.117. The molecule has 0 unspecified atom stereocenters. The molecule has 4 rings (SSSR count). The third-order valence-corrected chi connectivity index (χ3v) is 4.64. The van der Waals surface area contributed by atoms with E-state index in [9.17, 15) is 9.59 Å². The van der Waals surface area contributed by atoms with Crippen molar-refractivity contribution in [2.24, 2.45) is 0 Å². The normalized spacial score (nSPS) is 14.9. The molecule has 1 N–H and O–H groups in total. The number of carbonyl (C=O) groups excluding carboxylic acids is 2. The average Bonchev–Trinajstić information content (AvgIpc) is 3.03. The van der Waals surface area contributed by atoms with Crippen molar-refractivity contribution in [2.45, 2.75) is 13.5 Å². The average molecular weight is 384 g/mol. The molecule has 0 saturated carbocycles. The molecular weight excluding hydrogens is 364 g/mol. The first-order valence-electron chi connectivity index (χ1n) is 9.31. The van der Waals surface area contributed by atoms with Gasteiger partial charge in [-0.2, -0.15) is 0 Å².